The molecule has 0 aromatic heterocycles. The smallest absolute Gasteiger partial charge is 0.410 e. The standard InChI is InChI=1S/C33H46N4O9S3Si/c1-10-16-45-31(42)35-18-22(17-23(35)27(38)34(6)7)48-30-26(29(40)41)36-28(39)25(24(11-2)46-50(8,9)32(3,4)5)33(36,49-30)47-19-20-12-14-21(15-13-20)37(43)44/h10,12-15,22-25H,1,11,16-19H2,2-9H3,(H,40,41)/t22-,23-,24-,25+,33+/m0/s1. The highest BCUT2D eigenvalue weighted by Crippen LogP contribution is 2.68. The molecule has 274 valence electrons. The molecule has 2 saturated heterocycles. The summed E-state index contributed by atoms with van der Waals surface area (Å²) in [6.07, 6.45) is 1.07. The molecule has 0 aliphatic carbocycles. The van der Waals surface area contributed by atoms with Gasteiger partial charge < -0.3 is 19.2 Å². The number of likely N-dealkylation sites (N-methyl/N-ethyl adjacent to an activating group) is 1. The van der Waals surface area contributed by atoms with Crippen molar-refractivity contribution < 1.29 is 38.4 Å². The first kappa shape index (κ1) is 39.8. The second-order valence-electron chi connectivity index (χ2n) is 14.1. The number of carboxylic acid groups (broad SMARTS) is 1. The van der Waals surface area contributed by atoms with Crippen molar-refractivity contribution in [2.75, 3.05) is 27.2 Å². The number of ether oxygens (including phenoxy) is 1. The van der Waals surface area contributed by atoms with Crippen LogP contribution in [0, 0.1) is 16.0 Å². The number of nitro benzene ring substituents is 1. The van der Waals surface area contributed by atoms with Gasteiger partial charge in [0.25, 0.3) is 5.69 Å². The van der Waals surface area contributed by atoms with Crippen LogP contribution < -0.4 is 0 Å². The second-order valence-corrected chi connectivity index (χ2v) is 23.1. The number of carbonyl (C=O) groups is 4. The maximum Gasteiger partial charge on any atom is 0.410 e. The molecule has 4 rings (SSSR count). The van der Waals surface area contributed by atoms with E-state index in [1.54, 1.807) is 26.2 Å². The first-order valence-electron chi connectivity index (χ1n) is 16.3. The molecule has 1 N–H and O–H groups in total. The third-order valence-corrected chi connectivity index (χ3v) is 18.7. The maximum absolute atomic E-state index is 14.2. The number of non-ortho nitro benzene ring substituents is 1. The lowest BCUT2D eigenvalue weighted by Crippen LogP contribution is -2.69. The Morgan fingerprint density at radius 2 is 1.90 bits per heavy atom. The van der Waals surface area contributed by atoms with Crippen LogP contribution in [0.1, 0.15) is 46.1 Å². The number of thioether (sulfide) groups is 3. The van der Waals surface area contributed by atoms with Crippen LogP contribution in [0.15, 0.2) is 46.9 Å². The zero-order valence-corrected chi connectivity index (χ0v) is 33.1. The van der Waals surface area contributed by atoms with E-state index in [-0.39, 0.29) is 53.1 Å². The van der Waals surface area contributed by atoms with Gasteiger partial charge in [-0.1, -0.05) is 64.2 Å². The van der Waals surface area contributed by atoms with Crippen molar-refractivity contribution in [3.05, 3.63) is 62.5 Å². The first-order chi connectivity index (χ1) is 23.3. The van der Waals surface area contributed by atoms with Gasteiger partial charge in [0, 0.05) is 43.8 Å². The lowest BCUT2D eigenvalue weighted by molar-refractivity contribution is -0.384. The summed E-state index contributed by atoms with van der Waals surface area (Å²) in [5.41, 5.74) is 0.597. The molecule has 3 heterocycles. The number of carboxylic acids is 1. The Kier molecular flexibility index (Phi) is 12.2. The average molecular weight is 767 g/mol. The van der Waals surface area contributed by atoms with Crippen LogP contribution >= 0.6 is 35.3 Å². The van der Waals surface area contributed by atoms with Crippen LogP contribution in [0.3, 0.4) is 0 Å². The Balaban J connectivity index is 1.70. The van der Waals surface area contributed by atoms with Crippen molar-refractivity contribution >= 4 is 73.2 Å². The van der Waals surface area contributed by atoms with E-state index in [0.29, 0.717) is 16.4 Å². The van der Waals surface area contributed by atoms with Crippen molar-refractivity contribution in [2.45, 2.75) is 86.0 Å². The molecule has 13 nitrogen and oxygen atoms in total. The zero-order valence-electron chi connectivity index (χ0n) is 29.7. The fourth-order valence-corrected chi connectivity index (χ4v) is 12.7. The Hall–Kier alpha value is -2.99. The fourth-order valence-electron chi connectivity index (χ4n) is 5.83. The molecule has 0 radical (unpaired) electrons. The third-order valence-electron chi connectivity index (χ3n) is 9.49. The van der Waals surface area contributed by atoms with Gasteiger partial charge in [0.05, 0.1) is 15.3 Å². The van der Waals surface area contributed by atoms with E-state index in [0.717, 1.165) is 5.56 Å². The maximum atomic E-state index is 14.2. The summed E-state index contributed by atoms with van der Waals surface area (Å²) >= 11 is 3.96. The number of nitrogens with zero attached hydrogens (tertiary/aromatic N) is 4. The van der Waals surface area contributed by atoms with Crippen molar-refractivity contribution in [3.8, 4) is 0 Å². The van der Waals surface area contributed by atoms with Crippen molar-refractivity contribution in [2.24, 2.45) is 5.92 Å². The van der Waals surface area contributed by atoms with Crippen LogP contribution in [-0.2, 0) is 29.3 Å². The number of amides is 3. The Bertz CT molecular complexity index is 1570. The number of nitro groups is 1. The summed E-state index contributed by atoms with van der Waals surface area (Å²) in [7, 11) is 0.842. The predicted octanol–water partition coefficient (Wildman–Crippen LogP) is 6.33. The predicted molar refractivity (Wildman–Crippen MR) is 199 cm³/mol. The fraction of sp³-hybridized carbons (Fsp3) is 0.576. The molecule has 0 bridgehead atoms. The van der Waals surface area contributed by atoms with Crippen molar-refractivity contribution in [1.82, 2.24) is 14.7 Å². The molecule has 1 aromatic rings. The molecule has 3 aliphatic rings. The number of aliphatic carboxylic acids is 1. The van der Waals surface area contributed by atoms with Gasteiger partial charge in [-0.05, 0) is 36.5 Å². The zero-order chi connectivity index (χ0) is 37.3. The van der Waals surface area contributed by atoms with Crippen molar-refractivity contribution in [1.29, 1.82) is 0 Å². The number of rotatable bonds is 14. The minimum Gasteiger partial charge on any atom is -0.477 e. The summed E-state index contributed by atoms with van der Waals surface area (Å²) in [6, 6.07) is 5.36. The molecule has 0 spiro atoms. The quantitative estimate of drug-likeness (QED) is 0.0739. The highest BCUT2D eigenvalue weighted by Gasteiger charge is 2.70. The SMILES string of the molecule is C=CCOC(=O)N1C[C@@H](SC2=C(C(=O)O)N3C(=O)[C@@H]([C@H](CC)O[Si](C)(C)C(C)(C)C)[C@@]3(SCc3ccc([N+](=O)[O-])cc3)S2)C[C@H]1C(=O)N(C)C. The van der Waals surface area contributed by atoms with Gasteiger partial charge in [-0.25, -0.2) is 9.59 Å². The number of hydrogen-bond acceptors (Lipinski definition) is 11. The molecule has 0 saturated carbocycles. The monoisotopic (exact) mass is 766 g/mol. The number of benzene rings is 1. The van der Waals surface area contributed by atoms with Crippen LogP contribution in [0.25, 0.3) is 0 Å². The Labute approximate surface area is 306 Å². The van der Waals surface area contributed by atoms with Gasteiger partial charge in [-0.3, -0.25) is 29.5 Å². The average Bonchev–Trinajstić information content (AvgIpc) is 3.58. The van der Waals surface area contributed by atoms with Gasteiger partial charge in [0.15, 0.2) is 18.2 Å². The number of carbonyl (C=O) groups excluding carboxylic acids is 3. The third kappa shape index (κ3) is 7.76. The van der Waals surface area contributed by atoms with Gasteiger partial charge in [0.1, 0.15) is 18.6 Å². The van der Waals surface area contributed by atoms with Crippen LogP contribution in [0.2, 0.25) is 18.1 Å². The van der Waals surface area contributed by atoms with Gasteiger partial charge >= 0.3 is 12.1 Å². The summed E-state index contributed by atoms with van der Waals surface area (Å²) in [5, 5.41) is 21.3. The van der Waals surface area contributed by atoms with Gasteiger partial charge in [0.2, 0.25) is 11.8 Å². The summed E-state index contributed by atoms with van der Waals surface area (Å²) < 4.78 is 11.5. The normalized spacial score (nSPS) is 24.1. The number of hydrogen-bond donors (Lipinski definition) is 1. The lowest BCUT2D eigenvalue weighted by atomic mass is 9.89. The number of likely N-dealkylation sites (tertiary alicyclic amines) is 1. The highest BCUT2D eigenvalue weighted by molar-refractivity contribution is 8.29. The lowest BCUT2D eigenvalue weighted by Gasteiger charge is -2.56. The largest absolute Gasteiger partial charge is 0.477 e. The molecular formula is C33H46N4O9S3Si. The molecule has 3 amide bonds. The van der Waals surface area contributed by atoms with E-state index in [1.807, 2.05) is 6.92 Å². The van der Waals surface area contributed by atoms with E-state index in [9.17, 15) is 34.4 Å². The van der Waals surface area contributed by atoms with Crippen LogP contribution in [0.5, 0.6) is 0 Å². The highest BCUT2D eigenvalue weighted by atomic mass is 32.2. The van der Waals surface area contributed by atoms with Crippen molar-refractivity contribution in [3.63, 3.8) is 0 Å². The summed E-state index contributed by atoms with van der Waals surface area (Å²) in [5.74, 6) is -2.21. The molecule has 50 heavy (non-hydrogen) atoms. The topological polar surface area (TPSA) is 160 Å². The Morgan fingerprint density at radius 1 is 1.26 bits per heavy atom. The molecule has 2 fully saturated rings. The second kappa shape index (κ2) is 15.3. The minimum atomic E-state index is -2.37. The number of β-lactam (4-membered cyclic amide) rings is 1. The molecule has 5 atom stereocenters. The van der Waals surface area contributed by atoms with Crippen LogP contribution in [0.4, 0.5) is 10.5 Å². The first-order valence-corrected chi connectivity index (χ1v) is 21.9. The minimum absolute atomic E-state index is 0.0251. The van der Waals surface area contributed by atoms with Crippen LogP contribution in [-0.4, -0.2) is 106 Å². The van der Waals surface area contributed by atoms with E-state index in [4.69, 9.17) is 9.16 Å². The summed E-state index contributed by atoms with van der Waals surface area (Å²) in [6.45, 7) is 16.2. The molecular weight excluding hydrogens is 721 g/mol. The van der Waals surface area contributed by atoms with Gasteiger partial charge in [-0.15, -0.1) is 23.5 Å². The van der Waals surface area contributed by atoms with E-state index >= 15 is 0 Å². The molecule has 1 aromatic carbocycles. The van der Waals surface area contributed by atoms with E-state index in [1.165, 1.54) is 68.2 Å². The van der Waals surface area contributed by atoms with Gasteiger partial charge in [-0.2, -0.15) is 0 Å². The summed E-state index contributed by atoms with van der Waals surface area (Å²) in [4.78, 5) is 68.2. The molecule has 0 unspecified atom stereocenters. The molecule has 3 aliphatic heterocycles. The van der Waals surface area contributed by atoms with E-state index < -0.39 is 47.6 Å². The molecule has 17 heteroatoms. The Morgan fingerprint density at radius 3 is 2.42 bits per heavy atom. The van der Waals surface area contributed by atoms with E-state index in [2.05, 4.69) is 40.4 Å². The number of fused-ring (bicyclic) bond motifs is 1.